The van der Waals surface area contributed by atoms with Crippen LogP contribution in [0.25, 0.3) is 0 Å². The SMILES string of the molecule is CC(C)(C)[Si](C)(C)/C=C/[C@@H](O)C#N. The normalized spacial score (nSPS) is 15.8. The van der Waals surface area contributed by atoms with Crippen LogP contribution in [0, 0.1) is 11.3 Å². The highest BCUT2D eigenvalue weighted by Gasteiger charge is 2.32. The standard InChI is InChI=1S/C10H19NOSi/c1-10(2,3)13(4,5)7-6-9(12)8-11/h6-7,9,12H,1-5H3/b7-6+/t9-/m1/s1. The van der Waals surface area contributed by atoms with Gasteiger partial charge in [0.1, 0.15) is 0 Å². The molecule has 0 heterocycles. The lowest BCUT2D eigenvalue weighted by Crippen LogP contribution is -2.35. The summed E-state index contributed by atoms with van der Waals surface area (Å²) in [6.45, 7) is 11.0. The van der Waals surface area contributed by atoms with Crippen LogP contribution in [0.5, 0.6) is 0 Å². The summed E-state index contributed by atoms with van der Waals surface area (Å²) in [5.74, 6) is 0. The first-order valence-electron chi connectivity index (χ1n) is 4.48. The second-order valence-electron chi connectivity index (χ2n) is 4.90. The Labute approximate surface area is 81.9 Å². The van der Waals surface area contributed by atoms with E-state index in [0.29, 0.717) is 0 Å². The van der Waals surface area contributed by atoms with Gasteiger partial charge in [0.2, 0.25) is 0 Å². The third-order valence-electron chi connectivity index (χ3n) is 2.76. The molecular formula is C10H19NOSi. The van der Waals surface area contributed by atoms with Crippen LogP contribution < -0.4 is 0 Å². The summed E-state index contributed by atoms with van der Waals surface area (Å²) in [5, 5.41) is 17.7. The highest BCUT2D eigenvalue weighted by Crippen LogP contribution is 2.36. The molecule has 0 aliphatic heterocycles. The van der Waals surface area contributed by atoms with E-state index >= 15 is 0 Å². The minimum atomic E-state index is -1.48. The molecule has 0 aliphatic rings. The molecule has 0 radical (unpaired) electrons. The monoisotopic (exact) mass is 197 g/mol. The Kier molecular flexibility index (Phi) is 3.89. The van der Waals surface area contributed by atoms with Crippen LogP contribution in [-0.4, -0.2) is 19.3 Å². The van der Waals surface area contributed by atoms with Gasteiger partial charge < -0.3 is 5.11 Å². The maximum absolute atomic E-state index is 9.06. The first-order chi connectivity index (χ1) is 5.70. The number of aliphatic hydroxyl groups excluding tert-OH is 1. The molecule has 0 bridgehead atoms. The van der Waals surface area contributed by atoms with Gasteiger partial charge in [-0.1, -0.05) is 39.6 Å². The first-order valence-corrected chi connectivity index (χ1v) is 7.55. The van der Waals surface area contributed by atoms with Crippen LogP contribution in [0.15, 0.2) is 11.8 Å². The average molecular weight is 197 g/mol. The highest BCUT2D eigenvalue weighted by atomic mass is 28.3. The lowest BCUT2D eigenvalue weighted by molar-refractivity contribution is 0.278. The zero-order chi connectivity index (χ0) is 10.7. The van der Waals surface area contributed by atoms with Gasteiger partial charge in [0.25, 0.3) is 0 Å². The molecule has 74 valence electrons. The number of hydrogen-bond acceptors (Lipinski definition) is 2. The van der Waals surface area contributed by atoms with Crippen molar-refractivity contribution in [2.45, 2.75) is 45.0 Å². The molecule has 0 aromatic carbocycles. The summed E-state index contributed by atoms with van der Waals surface area (Å²) in [6.07, 6.45) is 0.659. The highest BCUT2D eigenvalue weighted by molar-refractivity contribution is 6.84. The topological polar surface area (TPSA) is 44.0 Å². The van der Waals surface area contributed by atoms with Crippen molar-refractivity contribution in [1.82, 2.24) is 0 Å². The van der Waals surface area contributed by atoms with E-state index in [0.717, 1.165) is 0 Å². The fourth-order valence-electron chi connectivity index (χ4n) is 0.625. The molecule has 0 saturated heterocycles. The zero-order valence-electron chi connectivity index (χ0n) is 9.13. The van der Waals surface area contributed by atoms with Gasteiger partial charge in [0, 0.05) is 0 Å². The summed E-state index contributed by atoms with van der Waals surface area (Å²) in [4.78, 5) is 0. The number of rotatable bonds is 2. The Balaban J connectivity index is 4.53. The van der Waals surface area contributed by atoms with Crippen molar-refractivity contribution in [2.75, 3.05) is 0 Å². The molecule has 0 spiro atoms. The van der Waals surface area contributed by atoms with Crippen LogP contribution in [0.3, 0.4) is 0 Å². The van der Waals surface area contributed by atoms with Crippen molar-refractivity contribution in [3.05, 3.63) is 11.8 Å². The Morgan fingerprint density at radius 3 is 2.15 bits per heavy atom. The van der Waals surface area contributed by atoms with Crippen LogP contribution in [0.2, 0.25) is 18.1 Å². The number of hydrogen-bond donors (Lipinski definition) is 1. The predicted molar refractivity (Wildman–Crippen MR) is 58.0 cm³/mol. The summed E-state index contributed by atoms with van der Waals surface area (Å²) in [5.41, 5.74) is 2.04. The third-order valence-corrected chi connectivity index (χ3v) is 7.65. The molecule has 0 aromatic rings. The van der Waals surface area contributed by atoms with E-state index in [9.17, 15) is 0 Å². The fraction of sp³-hybridized carbons (Fsp3) is 0.700. The van der Waals surface area contributed by atoms with Crippen molar-refractivity contribution >= 4 is 8.07 Å². The van der Waals surface area contributed by atoms with Crippen molar-refractivity contribution in [2.24, 2.45) is 0 Å². The third kappa shape index (κ3) is 3.75. The molecule has 0 aliphatic carbocycles. The minimum Gasteiger partial charge on any atom is -0.374 e. The van der Waals surface area contributed by atoms with Crippen molar-refractivity contribution in [3.8, 4) is 6.07 Å². The van der Waals surface area contributed by atoms with E-state index < -0.39 is 14.2 Å². The van der Waals surface area contributed by atoms with Gasteiger partial charge in [-0.2, -0.15) is 5.26 Å². The Hall–Kier alpha value is -0.593. The van der Waals surface area contributed by atoms with E-state index in [1.54, 1.807) is 12.1 Å². The van der Waals surface area contributed by atoms with Crippen LogP contribution >= 0.6 is 0 Å². The molecule has 1 atom stereocenters. The van der Waals surface area contributed by atoms with Crippen molar-refractivity contribution in [1.29, 1.82) is 5.26 Å². The Morgan fingerprint density at radius 1 is 1.38 bits per heavy atom. The average Bonchev–Trinajstić information content (AvgIpc) is 1.98. The molecule has 2 nitrogen and oxygen atoms in total. The molecule has 0 rings (SSSR count). The maximum atomic E-state index is 9.06. The number of nitrogens with zero attached hydrogens (tertiary/aromatic N) is 1. The van der Waals surface area contributed by atoms with Gasteiger partial charge >= 0.3 is 0 Å². The largest absolute Gasteiger partial charge is 0.374 e. The Morgan fingerprint density at radius 2 is 1.85 bits per heavy atom. The summed E-state index contributed by atoms with van der Waals surface area (Å²) in [6, 6.07) is 1.78. The fourth-order valence-corrected chi connectivity index (χ4v) is 1.79. The lowest BCUT2D eigenvalue weighted by atomic mass is 10.2. The van der Waals surface area contributed by atoms with Gasteiger partial charge in [0.05, 0.1) is 14.1 Å². The van der Waals surface area contributed by atoms with E-state index in [4.69, 9.17) is 10.4 Å². The van der Waals surface area contributed by atoms with Gasteiger partial charge in [-0.05, 0) is 11.1 Å². The summed E-state index contributed by atoms with van der Waals surface area (Å²) >= 11 is 0. The van der Waals surface area contributed by atoms with Crippen LogP contribution in [0.4, 0.5) is 0 Å². The minimum absolute atomic E-state index is 0.263. The first kappa shape index (κ1) is 12.4. The molecule has 0 aromatic heterocycles. The van der Waals surface area contributed by atoms with Gasteiger partial charge in [-0.3, -0.25) is 0 Å². The van der Waals surface area contributed by atoms with E-state index in [1.165, 1.54) is 0 Å². The maximum Gasteiger partial charge on any atom is 0.158 e. The molecule has 0 amide bonds. The second-order valence-corrected chi connectivity index (χ2v) is 10.2. The van der Waals surface area contributed by atoms with E-state index in [1.807, 2.05) is 5.70 Å². The summed E-state index contributed by atoms with van der Waals surface area (Å²) < 4.78 is 0. The van der Waals surface area contributed by atoms with Gasteiger partial charge in [-0.25, -0.2) is 0 Å². The molecule has 0 fully saturated rings. The lowest BCUT2D eigenvalue weighted by Gasteiger charge is -2.34. The smallest absolute Gasteiger partial charge is 0.158 e. The van der Waals surface area contributed by atoms with Crippen molar-refractivity contribution < 1.29 is 5.11 Å². The molecule has 13 heavy (non-hydrogen) atoms. The molecule has 1 N–H and O–H groups in total. The molecule has 3 heteroatoms. The predicted octanol–water partition coefficient (Wildman–Crippen LogP) is 2.47. The van der Waals surface area contributed by atoms with Crippen LogP contribution in [-0.2, 0) is 0 Å². The molecular weight excluding hydrogens is 178 g/mol. The number of aliphatic hydroxyl groups is 1. The Bertz CT molecular complexity index is 232. The van der Waals surface area contributed by atoms with Gasteiger partial charge in [-0.15, -0.1) is 0 Å². The molecule has 0 saturated carbocycles. The van der Waals surface area contributed by atoms with Gasteiger partial charge in [0.15, 0.2) is 6.10 Å². The number of nitriles is 1. The van der Waals surface area contributed by atoms with E-state index in [-0.39, 0.29) is 5.04 Å². The quantitative estimate of drug-likeness (QED) is 0.546. The molecule has 0 unspecified atom stereocenters. The van der Waals surface area contributed by atoms with E-state index in [2.05, 4.69) is 33.9 Å². The second kappa shape index (κ2) is 4.08. The van der Waals surface area contributed by atoms with Crippen molar-refractivity contribution in [3.63, 3.8) is 0 Å². The zero-order valence-corrected chi connectivity index (χ0v) is 10.1. The summed E-state index contributed by atoms with van der Waals surface area (Å²) in [7, 11) is -1.48. The van der Waals surface area contributed by atoms with Crippen LogP contribution in [0.1, 0.15) is 20.8 Å².